The number of anilines is 1. The van der Waals surface area contributed by atoms with Gasteiger partial charge in [0.2, 0.25) is 0 Å². The Kier molecular flexibility index (Phi) is 6.30. The minimum absolute atomic E-state index is 0.253. The first kappa shape index (κ1) is 15.6. The van der Waals surface area contributed by atoms with Crippen molar-refractivity contribution < 1.29 is 14.2 Å². The summed E-state index contributed by atoms with van der Waals surface area (Å²) in [5.41, 5.74) is 6.68. The second-order valence-corrected chi connectivity index (χ2v) is 4.83. The maximum atomic E-state index is 5.81. The van der Waals surface area contributed by atoms with Gasteiger partial charge >= 0.3 is 0 Å². The van der Waals surface area contributed by atoms with E-state index in [0.717, 1.165) is 30.9 Å². The highest BCUT2D eigenvalue weighted by molar-refractivity contribution is 5.92. The Hall–Kier alpha value is -1.79. The number of hydrogen-bond donors (Lipinski definition) is 2. The minimum atomic E-state index is 0.253. The lowest BCUT2D eigenvalue weighted by molar-refractivity contribution is 0.0200. The van der Waals surface area contributed by atoms with Crippen LogP contribution in [0.25, 0.3) is 0 Å². The van der Waals surface area contributed by atoms with Crippen molar-refractivity contribution >= 4 is 11.6 Å². The smallest absolute Gasteiger partial charge is 0.193 e. The van der Waals surface area contributed by atoms with Gasteiger partial charge in [0.25, 0.3) is 0 Å². The van der Waals surface area contributed by atoms with E-state index in [1.165, 1.54) is 0 Å². The van der Waals surface area contributed by atoms with Crippen LogP contribution in [0.15, 0.2) is 29.3 Å². The van der Waals surface area contributed by atoms with Gasteiger partial charge in [-0.25, -0.2) is 0 Å². The van der Waals surface area contributed by atoms with Crippen molar-refractivity contribution in [2.75, 3.05) is 38.8 Å². The van der Waals surface area contributed by atoms with Crippen molar-refractivity contribution in [1.29, 1.82) is 0 Å². The van der Waals surface area contributed by atoms with Gasteiger partial charge in [-0.15, -0.1) is 0 Å². The molecule has 0 aromatic heterocycles. The Morgan fingerprint density at radius 2 is 2.24 bits per heavy atom. The van der Waals surface area contributed by atoms with Gasteiger partial charge in [-0.2, -0.15) is 0 Å². The summed E-state index contributed by atoms with van der Waals surface area (Å²) >= 11 is 0. The molecular weight excluding hydrogens is 270 g/mol. The molecule has 1 aromatic carbocycles. The van der Waals surface area contributed by atoms with Crippen LogP contribution in [-0.2, 0) is 9.47 Å². The first-order valence-corrected chi connectivity index (χ1v) is 7.18. The average Bonchev–Trinajstić information content (AvgIpc) is 3.01. The van der Waals surface area contributed by atoms with Gasteiger partial charge in [-0.1, -0.05) is 0 Å². The molecule has 0 spiro atoms. The number of nitrogens with one attached hydrogen (secondary N) is 1. The van der Waals surface area contributed by atoms with E-state index in [1.807, 2.05) is 24.3 Å². The Morgan fingerprint density at radius 1 is 1.43 bits per heavy atom. The highest BCUT2D eigenvalue weighted by Crippen LogP contribution is 2.14. The van der Waals surface area contributed by atoms with Crippen LogP contribution < -0.4 is 15.8 Å². The van der Waals surface area contributed by atoms with E-state index in [4.69, 9.17) is 19.9 Å². The summed E-state index contributed by atoms with van der Waals surface area (Å²) in [6.45, 7) is 2.57. The summed E-state index contributed by atoms with van der Waals surface area (Å²) in [7, 11) is 1.63. The second-order valence-electron chi connectivity index (χ2n) is 4.83. The number of aliphatic imine (C=N–C) groups is 1. The summed E-state index contributed by atoms with van der Waals surface area (Å²) in [5, 5.41) is 3.02. The third kappa shape index (κ3) is 5.61. The average molecular weight is 293 g/mol. The molecule has 21 heavy (non-hydrogen) atoms. The largest absolute Gasteiger partial charge is 0.497 e. The van der Waals surface area contributed by atoms with Gasteiger partial charge < -0.3 is 25.3 Å². The van der Waals surface area contributed by atoms with Crippen LogP contribution in [-0.4, -0.2) is 45.5 Å². The van der Waals surface area contributed by atoms with E-state index in [1.54, 1.807) is 7.11 Å². The summed E-state index contributed by atoms with van der Waals surface area (Å²) in [5.74, 6) is 1.18. The molecule has 1 aliphatic rings. The lowest BCUT2D eigenvalue weighted by Crippen LogP contribution is -2.23. The predicted octanol–water partition coefficient (Wildman–Crippen LogP) is 1.62. The Bertz CT molecular complexity index is 442. The third-order valence-electron chi connectivity index (χ3n) is 3.21. The van der Waals surface area contributed by atoms with Crippen LogP contribution >= 0.6 is 0 Å². The molecule has 6 nitrogen and oxygen atoms in total. The van der Waals surface area contributed by atoms with Gasteiger partial charge in [0, 0.05) is 12.3 Å². The molecule has 0 radical (unpaired) electrons. The highest BCUT2D eigenvalue weighted by atomic mass is 16.5. The number of nitrogens with two attached hydrogens (primary N) is 1. The van der Waals surface area contributed by atoms with E-state index in [-0.39, 0.29) is 6.10 Å². The number of hydrogen-bond acceptors (Lipinski definition) is 4. The summed E-state index contributed by atoms with van der Waals surface area (Å²) in [6, 6.07) is 7.49. The number of ether oxygens (including phenoxy) is 3. The Balaban J connectivity index is 1.63. The number of methoxy groups -OCH3 is 1. The van der Waals surface area contributed by atoms with Crippen molar-refractivity contribution in [3.05, 3.63) is 24.3 Å². The molecular formula is C15H23N3O3. The second kappa shape index (κ2) is 8.49. The summed E-state index contributed by atoms with van der Waals surface area (Å²) < 4.78 is 16.1. The summed E-state index contributed by atoms with van der Waals surface area (Å²) in [4.78, 5) is 4.21. The Morgan fingerprint density at radius 3 is 2.90 bits per heavy atom. The molecule has 1 fully saturated rings. The molecule has 1 atom stereocenters. The molecule has 1 saturated heterocycles. The van der Waals surface area contributed by atoms with Gasteiger partial charge in [-0.05, 0) is 37.1 Å². The first-order chi connectivity index (χ1) is 10.3. The van der Waals surface area contributed by atoms with Crippen molar-refractivity contribution in [1.82, 2.24) is 0 Å². The van der Waals surface area contributed by atoms with Gasteiger partial charge in [-0.3, -0.25) is 4.99 Å². The first-order valence-electron chi connectivity index (χ1n) is 7.18. The molecule has 116 valence electrons. The zero-order chi connectivity index (χ0) is 14.9. The fourth-order valence-electron chi connectivity index (χ4n) is 2.08. The van der Waals surface area contributed by atoms with E-state index >= 15 is 0 Å². The third-order valence-corrected chi connectivity index (χ3v) is 3.21. The van der Waals surface area contributed by atoms with Crippen LogP contribution in [0.3, 0.4) is 0 Å². The number of nitrogens with zero attached hydrogens (tertiary/aromatic N) is 1. The zero-order valence-corrected chi connectivity index (χ0v) is 12.4. The molecule has 6 heteroatoms. The fraction of sp³-hybridized carbons (Fsp3) is 0.533. The Labute approximate surface area is 125 Å². The van der Waals surface area contributed by atoms with Gasteiger partial charge in [0.05, 0.1) is 33.0 Å². The van der Waals surface area contributed by atoms with E-state index in [0.29, 0.717) is 25.7 Å². The molecule has 2 rings (SSSR count). The highest BCUT2D eigenvalue weighted by Gasteiger charge is 2.14. The zero-order valence-electron chi connectivity index (χ0n) is 12.4. The van der Waals surface area contributed by atoms with Crippen LogP contribution in [0.1, 0.15) is 12.8 Å². The van der Waals surface area contributed by atoms with Crippen LogP contribution in [0.4, 0.5) is 5.69 Å². The molecule has 1 heterocycles. The molecule has 3 N–H and O–H groups in total. The van der Waals surface area contributed by atoms with Crippen molar-refractivity contribution in [3.8, 4) is 5.75 Å². The van der Waals surface area contributed by atoms with Crippen molar-refractivity contribution in [2.45, 2.75) is 18.9 Å². The maximum Gasteiger partial charge on any atom is 0.193 e. The van der Waals surface area contributed by atoms with Crippen molar-refractivity contribution in [2.24, 2.45) is 10.7 Å². The fourth-order valence-corrected chi connectivity index (χ4v) is 2.08. The maximum absolute atomic E-state index is 5.81. The van der Waals surface area contributed by atoms with Crippen molar-refractivity contribution in [3.63, 3.8) is 0 Å². The number of guanidine groups is 1. The number of rotatable bonds is 7. The molecule has 1 aromatic rings. The van der Waals surface area contributed by atoms with Crippen LogP contribution in [0, 0.1) is 0 Å². The topological polar surface area (TPSA) is 78.1 Å². The van der Waals surface area contributed by atoms with E-state index in [9.17, 15) is 0 Å². The molecule has 0 amide bonds. The monoisotopic (exact) mass is 293 g/mol. The van der Waals surface area contributed by atoms with Crippen LogP contribution in [0.5, 0.6) is 5.75 Å². The van der Waals surface area contributed by atoms with E-state index in [2.05, 4.69) is 10.3 Å². The lowest BCUT2D eigenvalue weighted by atomic mass is 10.2. The van der Waals surface area contributed by atoms with Gasteiger partial charge in [0.1, 0.15) is 5.75 Å². The molecule has 1 aliphatic heterocycles. The summed E-state index contributed by atoms with van der Waals surface area (Å²) in [6.07, 6.45) is 2.47. The molecule has 0 saturated carbocycles. The van der Waals surface area contributed by atoms with Crippen LogP contribution in [0.2, 0.25) is 0 Å². The minimum Gasteiger partial charge on any atom is -0.497 e. The van der Waals surface area contributed by atoms with E-state index < -0.39 is 0 Å². The SMILES string of the molecule is COc1ccc(NC(N)=NCCOCC2CCCO2)cc1. The number of benzene rings is 1. The predicted molar refractivity (Wildman–Crippen MR) is 82.9 cm³/mol. The molecule has 0 bridgehead atoms. The normalized spacial score (nSPS) is 18.7. The standard InChI is InChI=1S/C15H23N3O3/c1-19-13-6-4-12(5-7-13)18-15(16)17-8-10-20-11-14-3-2-9-21-14/h4-7,14H,2-3,8-11H2,1H3,(H3,16,17,18). The lowest BCUT2D eigenvalue weighted by Gasteiger charge is -2.09. The molecule has 0 aliphatic carbocycles. The quantitative estimate of drug-likeness (QED) is 0.454. The van der Waals surface area contributed by atoms with Gasteiger partial charge in [0.15, 0.2) is 5.96 Å². The molecule has 1 unspecified atom stereocenters.